The minimum atomic E-state index is -4.78. The molecule has 0 nitrogen and oxygen atoms in total. The van der Waals surface area contributed by atoms with Gasteiger partial charge in [0.1, 0.15) is 0 Å². The number of allylic oxidation sites excluding steroid dienone is 2. The Kier molecular flexibility index (Phi) is 12.1. The van der Waals surface area contributed by atoms with E-state index in [-0.39, 0.29) is 0 Å². The summed E-state index contributed by atoms with van der Waals surface area (Å²) in [4.78, 5) is 0. The van der Waals surface area contributed by atoms with Gasteiger partial charge in [0.05, 0.1) is 0 Å². The van der Waals surface area contributed by atoms with Crippen molar-refractivity contribution < 1.29 is 17.9 Å². The molecular weight excluding hydrogens is 864 g/mol. The first kappa shape index (κ1) is 42.8. The topological polar surface area (TPSA) is 0 Å². The average Bonchev–Trinajstić information content (AvgIpc) is 3.96. The Morgan fingerprint density at radius 3 is 1.19 bits per heavy atom. The molecule has 0 saturated carbocycles. The van der Waals surface area contributed by atoms with Crippen molar-refractivity contribution in [2.24, 2.45) is 0 Å². The summed E-state index contributed by atoms with van der Waals surface area (Å²) in [6.07, 6.45) is 12.6. The molecule has 0 aromatic heterocycles. The van der Waals surface area contributed by atoms with Crippen molar-refractivity contribution in [1.82, 2.24) is 0 Å². The van der Waals surface area contributed by atoms with E-state index in [1.165, 1.54) is 88.9 Å². The first-order valence-corrected chi connectivity index (χ1v) is 36.8. The van der Waals surface area contributed by atoms with Gasteiger partial charge >= 0.3 is 387 Å². The van der Waals surface area contributed by atoms with Crippen LogP contribution in [0.15, 0.2) is 193 Å². The molecule has 0 aliphatic heterocycles. The van der Waals surface area contributed by atoms with Gasteiger partial charge in [0.25, 0.3) is 0 Å². The monoisotopic (exact) mass is 925 g/mol. The summed E-state index contributed by atoms with van der Waals surface area (Å²) < 4.78 is 3.61. The molecule has 0 radical (unpaired) electrons. The Hall–Kier alpha value is -5.14. The van der Waals surface area contributed by atoms with Gasteiger partial charge < -0.3 is 0 Å². The summed E-state index contributed by atoms with van der Waals surface area (Å²) in [5.74, 6) is -2.06. The van der Waals surface area contributed by atoms with Crippen molar-refractivity contribution in [2.75, 3.05) is 0 Å². The van der Waals surface area contributed by atoms with Gasteiger partial charge in [0.2, 0.25) is 0 Å². The summed E-state index contributed by atoms with van der Waals surface area (Å²) in [7, 11) is 0. The molecule has 0 heterocycles. The fraction of sp³-hybridized carbons (Fsp3) is 0.226. The second-order valence-corrected chi connectivity index (χ2v) is 49.4. The Balaban J connectivity index is 1.36. The zero-order chi connectivity index (χ0) is 43.7. The second-order valence-electron chi connectivity index (χ2n) is 19.1. The summed E-state index contributed by atoms with van der Waals surface area (Å²) in [5.41, 5.74) is 15.2. The zero-order valence-corrected chi connectivity index (χ0v) is 42.0. The van der Waals surface area contributed by atoms with E-state index in [4.69, 9.17) is 0 Å². The van der Waals surface area contributed by atoms with Gasteiger partial charge in [0.15, 0.2) is 0 Å². The fourth-order valence-corrected chi connectivity index (χ4v) is 71.5. The molecule has 64 heavy (non-hydrogen) atoms. The van der Waals surface area contributed by atoms with Crippen LogP contribution in [0.2, 0.25) is 8.26 Å². The molecule has 2 heteroatoms. The molecule has 2 unspecified atom stereocenters. The number of benzene rings is 8. The number of rotatable bonds is 15. The molecule has 0 saturated heterocycles. The molecule has 8 aromatic rings. The minimum absolute atomic E-state index is 0.429. The standard InChI is InChI=1S/2C21H17.C12H11Si.2C4H9.Zr/c2*1-2-15-13-17-9-6-12-20(21(17)14-15)19-11-5-8-16-7-3-4-10-18(16)19;1-3-7-11(8-4-1)13-12-9-5-2-6-10-12;2*1-3-4-2;/h2*3-14H,2H2,1H3;1-10,13H;2*1,3-4H2,2H3;. The van der Waals surface area contributed by atoms with Crippen LogP contribution >= 0.6 is 0 Å². The van der Waals surface area contributed by atoms with E-state index in [0.717, 1.165) is 12.8 Å². The number of hydrogen-bond acceptors (Lipinski definition) is 0. The van der Waals surface area contributed by atoms with Gasteiger partial charge in [-0.15, -0.1) is 0 Å². The fourth-order valence-electron chi connectivity index (χ4n) is 13.7. The first-order valence-electron chi connectivity index (χ1n) is 24.4. The van der Waals surface area contributed by atoms with Gasteiger partial charge in [-0.3, -0.25) is 0 Å². The molecule has 2 aliphatic carbocycles. The summed E-state index contributed by atoms with van der Waals surface area (Å²) in [6, 6.07) is 71.3. The van der Waals surface area contributed by atoms with Crippen LogP contribution in [-0.2, 0) is 17.9 Å². The number of unbranched alkanes of at least 4 members (excludes halogenated alkanes) is 2. The van der Waals surface area contributed by atoms with Crippen molar-refractivity contribution in [2.45, 2.75) is 81.7 Å². The van der Waals surface area contributed by atoms with E-state index in [1.54, 1.807) is 32.6 Å². The third-order valence-electron chi connectivity index (χ3n) is 16.0. The van der Waals surface area contributed by atoms with E-state index < -0.39 is 23.9 Å². The molecule has 10 rings (SSSR count). The van der Waals surface area contributed by atoms with Gasteiger partial charge in [-0.05, 0) is 0 Å². The average molecular weight is 927 g/mol. The van der Waals surface area contributed by atoms with Crippen molar-refractivity contribution in [1.29, 1.82) is 0 Å². The Morgan fingerprint density at radius 1 is 0.391 bits per heavy atom. The molecule has 0 spiro atoms. The van der Waals surface area contributed by atoms with Crippen LogP contribution in [0, 0.1) is 0 Å². The second kappa shape index (κ2) is 18.0. The van der Waals surface area contributed by atoms with Crippen LogP contribution in [0.1, 0.15) is 95.7 Å². The molecule has 2 atom stereocenters. The normalized spacial score (nSPS) is 16.4. The summed E-state index contributed by atoms with van der Waals surface area (Å²) in [5, 5.41) is 8.63. The predicted octanol–water partition coefficient (Wildman–Crippen LogP) is 16.4. The number of fused-ring (bicyclic) bond motifs is 4. The van der Waals surface area contributed by atoms with E-state index in [0.29, 0.717) is 7.25 Å². The van der Waals surface area contributed by atoms with Crippen molar-refractivity contribution in [3.8, 4) is 22.3 Å². The Morgan fingerprint density at radius 2 is 0.766 bits per heavy atom. The SMILES string of the molecule is CCC[CH2][Zr]([CH2]CCC)([CH]1C(CC)=Cc2c(-c3cccc4ccccc34)cccc21)([CH]1C(CC)=Cc2c(-c3cccc4ccccc34)cccc21)[SiH](c1ccccc1)c1ccccc1. The predicted molar refractivity (Wildman–Crippen MR) is 280 cm³/mol. The van der Waals surface area contributed by atoms with Crippen LogP contribution in [0.25, 0.3) is 56.0 Å². The van der Waals surface area contributed by atoms with Crippen LogP contribution in [0.5, 0.6) is 0 Å². The van der Waals surface area contributed by atoms with Crippen LogP contribution < -0.4 is 10.4 Å². The zero-order valence-electron chi connectivity index (χ0n) is 38.4. The Labute approximate surface area is 384 Å². The summed E-state index contributed by atoms with van der Waals surface area (Å²) in [6.45, 7) is 9.93. The summed E-state index contributed by atoms with van der Waals surface area (Å²) >= 11 is -4.78. The van der Waals surface area contributed by atoms with Crippen molar-refractivity contribution in [3.05, 3.63) is 215 Å². The van der Waals surface area contributed by atoms with E-state index >= 15 is 0 Å². The van der Waals surface area contributed by atoms with Gasteiger partial charge in [-0.25, -0.2) is 0 Å². The van der Waals surface area contributed by atoms with Gasteiger partial charge in [-0.1, -0.05) is 0 Å². The quantitative estimate of drug-likeness (QED) is 0.0899. The van der Waals surface area contributed by atoms with Gasteiger partial charge in [0, 0.05) is 0 Å². The van der Waals surface area contributed by atoms with E-state index in [2.05, 4.69) is 222 Å². The molecule has 0 fully saturated rings. The third-order valence-corrected chi connectivity index (χ3v) is 61.2. The van der Waals surface area contributed by atoms with Crippen LogP contribution in [0.4, 0.5) is 0 Å². The van der Waals surface area contributed by atoms with Crippen LogP contribution in [0.3, 0.4) is 0 Å². The van der Waals surface area contributed by atoms with Gasteiger partial charge in [-0.2, -0.15) is 0 Å². The molecule has 2 aliphatic rings. The number of hydrogen-bond donors (Lipinski definition) is 0. The molecular formula is C62H63SiZr. The van der Waals surface area contributed by atoms with Crippen molar-refractivity contribution >= 4 is 50.0 Å². The molecule has 319 valence electrons. The molecule has 8 aromatic carbocycles. The maximum absolute atomic E-state index is 4.78. The van der Waals surface area contributed by atoms with E-state index in [1.807, 2.05) is 0 Å². The Bertz CT molecular complexity index is 2820. The molecule has 0 bridgehead atoms. The van der Waals surface area contributed by atoms with E-state index in [9.17, 15) is 0 Å². The first-order chi connectivity index (χ1) is 31.6. The molecule has 0 amide bonds. The third kappa shape index (κ3) is 6.86. The maximum atomic E-state index is 2.75. The van der Waals surface area contributed by atoms with Crippen molar-refractivity contribution in [3.63, 3.8) is 0 Å². The molecule has 0 N–H and O–H groups in total. The van der Waals surface area contributed by atoms with Crippen LogP contribution in [-0.4, -0.2) is 5.92 Å².